The molecule has 0 saturated heterocycles. The molecule has 0 radical (unpaired) electrons. The quantitative estimate of drug-likeness (QED) is 0.363. The zero-order chi connectivity index (χ0) is 23.9. The fourth-order valence-corrected chi connectivity index (χ4v) is 4.17. The largest absolute Gasteiger partial charge is 0.496 e. The molecule has 0 bridgehead atoms. The molecule has 0 aliphatic rings. The maximum Gasteiger partial charge on any atom is 0.234 e. The summed E-state index contributed by atoms with van der Waals surface area (Å²) in [5.41, 5.74) is 4.44. The van der Waals surface area contributed by atoms with Gasteiger partial charge in [0.2, 0.25) is 5.91 Å². The minimum absolute atomic E-state index is 0.157. The number of carbonyl (C=O) groups is 1. The highest BCUT2D eigenvalue weighted by atomic mass is 32.2. The van der Waals surface area contributed by atoms with E-state index >= 15 is 0 Å². The number of amides is 1. The van der Waals surface area contributed by atoms with Crippen LogP contribution in [0.4, 0.5) is 5.69 Å². The van der Waals surface area contributed by atoms with Crippen LogP contribution in [-0.2, 0) is 11.2 Å². The van der Waals surface area contributed by atoms with Gasteiger partial charge in [0, 0.05) is 11.4 Å². The van der Waals surface area contributed by atoms with Crippen molar-refractivity contribution in [3.8, 4) is 28.9 Å². The molecule has 0 aliphatic carbocycles. The van der Waals surface area contributed by atoms with Crippen LogP contribution in [0.1, 0.15) is 11.1 Å². The van der Waals surface area contributed by atoms with E-state index in [1.54, 1.807) is 19.2 Å². The van der Waals surface area contributed by atoms with Gasteiger partial charge in [0.25, 0.3) is 0 Å². The van der Waals surface area contributed by atoms with Gasteiger partial charge in [-0.2, -0.15) is 5.26 Å². The number of nitrogens with zero attached hydrogens (tertiary/aromatic N) is 4. The van der Waals surface area contributed by atoms with E-state index in [1.165, 1.54) is 11.8 Å². The Morgan fingerprint density at radius 3 is 2.50 bits per heavy atom. The van der Waals surface area contributed by atoms with E-state index in [2.05, 4.69) is 21.6 Å². The fourth-order valence-electron chi connectivity index (χ4n) is 3.42. The number of aromatic nitrogens is 3. The lowest BCUT2D eigenvalue weighted by Crippen LogP contribution is -2.14. The molecule has 1 amide bonds. The molecule has 0 aliphatic heterocycles. The molecular weight excluding hydrogens is 446 g/mol. The summed E-state index contributed by atoms with van der Waals surface area (Å²) in [4.78, 5) is 12.6. The van der Waals surface area contributed by atoms with Gasteiger partial charge in [-0.1, -0.05) is 53.7 Å². The van der Waals surface area contributed by atoms with Crippen LogP contribution in [0.15, 0.2) is 78.0 Å². The second-order valence-electron chi connectivity index (χ2n) is 7.55. The molecule has 0 spiro atoms. The van der Waals surface area contributed by atoms with Crippen molar-refractivity contribution in [2.24, 2.45) is 0 Å². The Morgan fingerprint density at radius 2 is 1.79 bits per heavy atom. The van der Waals surface area contributed by atoms with Gasteiger partial charge < -0.3 is 10.1 Å². The Bertz CT molecular complexity index is 1320. The lowest BCUT2D eigenvalue weighted by Gasteiger charge is -2.13. The van der Waals surface area contributed by atoms with E-state index < -0.39 is 0 Å². The molecule has 3 aromatic carbocycles. The highest BCUT2D eigenvalue weighted by Crippen LogP contribution is 2.33. The molecule has 4 aromatic rings. The zero-order valence-corrected chi connectivity index (χ0v) is 19.7. The molecule has 8 heteroatoms. The van der Waals surface area contributed by atoms with Gasteiger partial charge >= 0.3 is 0 Å². The summed E-state index contributed by atoms with van der Waals surface area (Å²) in [6, 6.07) is 25.1. The first-order valence-electron chi connectivity index (χ1n) is 10.6. The predicted molar refractivity (Wildman–Crippen MR) is 133 cm³/mol. The third-order valence-corrected chi connectivity index (χ3v) is 6.06. The molecule has 1 heterocycles. The first kappa shape index (κ1) is 23.1. The lowest BCUT2D eigenvalue weighted by atomic mass is 10.1. The van der Waals surface area contributed by atoms with E-state index in [9.17, 15) is 4.79 Å². The molecule has 0 unspecified atom stereocenters. The number of rotatable bonds is 8. The van der Waals surface area contributed by atoms with E-state index in [4.69, 9.17) is 10.00 Å². The van der Waals surface area contributed by atoms with Gasteiger partial charge in [-0.25, -0.2) is 0 Å². The molecule has 0 atom stereocenters. The summed E-state index contributed by atoms with van der Waals surface area (Å²) < 4.78 is 7.47. The summed E-state index contributed by atoms with van der Waals surface area (Å²) in [6.07, 6.45) is 0.341. The summed E-state index contributed by atoms with van der Waals surface area (Å²) in [7, 11) is 1.62. The second kappa shape index (κ2) is 10.7. The highest BCUT2D eigenvalue weighted by molar-refractivity contribution is 7.99. The SMILES string of the molecule is COc1ccccc1-c1nnc(SCC(=O)Nc2ccc(CC#N)cc2)n1-c1ccc(C)cc1. The van der Waals surface area contributed by atoms with Crippen LogP contribution in [-0.4, -0.2) is 33.5 Å². The van der Waals surface area contributed by atoms with E-state index in [0.717, 1.165) is 22.4 Å². The van der Waals surface area contributed by atoms with E-state index in [1.807, 2.05) is 72.2 Å². The van der Waals surface area contributed by atoms with E-state index in [0.29, 0.717) is 28.8 Å². The predicted octanol–water partition coefficient (Wildman–Crippen LogP) is 5.05. The van der Waals surface area contributed by atoms with Crippen LogP contribution < -0.4 is 10.1 Å². The molecular formula is C26H23N5O2S. The van der Waals surface area contributed by atoms with Crippen molar-refractivity contribution >= 4 is 23.4 Å². The average molecular weight is 470 g/mol. The number of carbonyl (C=O) groups excluding carboxylic acids is 1. The number of ether oxygens (including phenoxy) is 1. The van der Waals surface area contributed by atoms with Crippen LogP contribution in [0.2, 0.25) is 0 Å². The number of nitrogens with one attached hydrogen (secondary N) is 1. The number of hydrogen-bond donors (Lipinski definition) is 1. The molecule has 1 N–H and O–H groups in total. The Balaban J connectivity index is 1.58. The zero-order valence-electron chi connectivity index (χ0n) is 18.9. The van der Waals surface area contributed by atoms with Crippen LogP contribution in [0.3, 0.4) is 0 Å². The minimum Gasteiger partial charge on any atom is -0.496 e. The molecule has 4 rings (SSSR count). The summed E-state index contributed by atoms with van der Waals surface area (Å²) in [5.74, 6) is 1.33. The van der Waals surface area contributed by atoms with Crippen LogP contribution >= 0.6 is 11.8 Å². The number of nitriles is 1. The number of anilines is 1. The van der Waals surface area contributed by atoms with Crippen molar-refractivity contribution in [2.45, 2.75) is 18.5 Å². The smallest absolute Gasteiger partial charge is 0.234 e. The second-order valence-corrected chi connectivity index (χ2v) is 8.49. The number of benzene rings is 3. The lowest BCUT2D eigenvalue weighted by molar-refractivity contribution is -0.113. The van der Waals surface area contributed by atoms with E-state index in [-0.39, 0.29) is 11.7 Å². The molecule has 1 aromatic heterocycles. The Morgan fingerprint density at radius 1 is 1.06 bits per heavy atom. The molecule has 170 valence electrons. The van der Waals surface area contributed by atoms with Crippen molar-refractivity contribution in [3.63, 3.8) is 0 Å². The van der Waals surface area contributed by atoms with Crippen molar-refractivity contribution in [1.82, 2.24) is 14.8 Å². The van der Waals surface area contributed by atoms with Crippen LogP contribution in [0, 0.1) is 18.3 Å². The standard InChI is InChI=1S/C26H23N5O2S/c1-18-7-13-21(14-8-18)31-25(22-5-3-4-6-23(22)33-2)29-30-26(31)34-17-24(32)28-20-11-9-19(10-12-20)15-16-27/h3-14H,15,17H2,1-2H3,(H,28,32). The number of thioether (sulfide) groups is 1. The highest BCUT2D eigenvalue weighted by Gasteiger charge is 2.19. The number of aryl methyl sites for hydroxylation is 1. The molecule has 0 fully saturated rings. The number of hydrogen-bond acceptors (Lipinski definition) is 6. The Hall–Kier alpha value is -4.09. The normalized spacial score (nSPS) is 10.5. The van der Waals surface area contributed by atoms with Crippen molar-refractivity contribution in [2.75, 3.05) is 18.2 Å². The monoisotopic (exact) mass is 469 g/mol. The minimum atomic E-state index is -0.157. The van der Waals surface area contributed by atoms with Crippen molar-refractivity contribution < 1.29 is 9.53 Å². The van der Waals surface area contributed by atoms with Gasteiger partial charge in [-0.05, 0) is 48.9 Å². The van der Waals surface area contributed by atoms with Gasteiger partial charge in [0.15, 0.2) is 11.0 Å². The van der Waals surface area contributed by atoms with Crippen molar-refractivity contribution in [3.05, 3.63) is 83.9 Å². The third kappa shape index (κ3) is 5.27. The van der Waals surface area contributed by atoms with Gasteiger partial charge in [0.05, 0.1) is 30.9 Å². The molecule has 0 saturated carbocycles. The fraction of sp³-hybridized carbons (Fsp3) is 0.154. The maximum absolute atomic E-state index is 12.6. The number of methoxy groups -OCH3 is 1. The average Bonchev–Trinajstić information content (AvgIpc) is 3.28. The number of para-hydroxylation sites is 1. The summed E-state index contributed by atoms with van der Waals surface area (Å²) >= 11 is 1.31. The topological polar surface area (TPSA) is 92.8 Å². The van der Waals surface area contributed by atoms with Crippen LogP contribution in [0.5, 0.6) is 5.75 Å². The first-order valence-corrected chi connectivity index (χ1v) is 11.6. The third-order valence-electron chi connectivity index (χ3n) is 5.13. The van der Waals surface area contributed by atoms with Gasteiger partial charge in [0.1, 0.15) is 5.75 Å². The Labute approximate surface area is 202 Å². The Kier molecular flexibility index (Phi) is 7.25. The maximum atomic E-state index is 12.6. The van der Waals surface area contributed by atoms with Crippen molar-refractivity contribution in [1.29, 1.82) is 5.26 Å². The summed E-state index contributed by atoms with van der Waals surface area (Å²) in [5, 5.41) is 21.1. The summed E-state index contributed by atoms with van der Waals surface area (Å²) in [6.45, 7) is 2.03. The molecule has 34 heavy (non-hydrogen) atoms. The first-order chi connectivity index (χ1) is 16.6. The molecule has 7 nitrogen and oxygen atoms in total. The van der Waals surface area contributed by atoms with Gasteiger partial charge in [-0.3, -0.25) is 9.36 Å². The van der Waals surface area contributed by atoms with Crippen LogP contribution in [0.25, 0.3) is 17.1 Å². The van der Waals surface area contributed by atoms with Gasteiger partial charge in [-0.15, -0.1) is 10.2 Å².